The third-order valence-corrected chi connectivity index (χ3v) is 2.34. The number of aromatic nitrogens is 2. The van der Waals surface area contributed by atoms with Gasteiger partial charge in [0.2, 0.25) is 0 Å². The molecule has 7 nitrogen and oxygen atoms in total. The Kier molecular flexibility index (Phi) is 3.46. The second-order valence-electron chi connectivity index (χ2n) is 3.66. The van der Waals surface area contributed by atoms with E-state index < -0.39 is 12.1 Å². The monoisotopic (exact) mass is 261 g/mol. The van der Waals surface area contributed by atoms with Gasteiger partial charge in [-0.15, -0.1) is 0 Å². The maximum absolute atomic E-state index is 11.6. The molecule has 2 rings (SSSR count). The predicted molar refractivity (Wildman–Crippen MR) is 66.3 cm³/mol. The van der Waals surface area contributed by atoms with Crippen molar-refractivity contribution in [1.82, 2.24) is 9.78 Å². The van der Waals surface area contributed by atoms with Crippen LogP contribution in [0.2, 0.25) is 0 Å². The minimum atomic E-state index is -1.18. The van der Waals surface area contributed by atoms with E-state index in [1.54, 1.807) is 30.3 Å². The first-order valence-electron chi connectivity index (χ1n) is 5.37. The number of anilines is 1. The van der Waals surface area contributed by atoms with Gasteiger partial charge in [0.15, 0.2) is 0 Å². The Morgan fingerprint density at radius 1 is 1.32 bits per heavy atom. The molecule has 0 spiro atoms. The summed E-state index contributed by atoms with van der Waals surface area (Å²) >= 11 is 0. The second kappa shape index (κ2) is 5.21. The van der Waals surface area contributed by atoms with E-state index in [2.05, 4.69) is 10.4 Å². The van der Waals surface area contributed by atoms with Crippen LogP contribution in [-0.2, 0) is 7.05 Å². The van der Waals surface area contributed by atoms with Gasteiger partial charge < -0.3 is 9.84 Å². The van der Waals surface area contributed by atoms with Gasteiger partial charge in [0, 0.05) is 7.05 Å². The number of carboxylic acid groups (broad SMARTS) is 1. The van der Waals surface area contributed by atoms with Crippen molar-refractivity contribution in [3.63, 3.8) is 0 Å². The Labute approximate surface area is 108 Å². The Bertz CT molecular complexity index is 607. The fourth-order valence-corrected chi connectivity index (χ4v) is 1.46. The predicted octanol–water partition coefficient (Wildman–Crippen LogP) is 1.73. The quantitative estimate of drug-likeness (QED) is 0.877. The molecular formula is C12H11N3O4. The van der Waals surface area contributed by atoms with Gasteiger partial charge in [-0.3, -0.25) is 10.00 Å². The minimum absolute atomic E-state index is 0.0634. The van der Waals surface area contributed by atoms with Crippen LogP contribution in [0, 0.1) is 0 Å². The van der Waals surface area contributed by atoms with Gasteiger partial charge in [-0.1, -0.05) is 18.2 Å². The van der Waals surface area contributed by atoms with Crippen molar-refractivity contribution in [2.24, 2.45) is 7.05 Å². The highest BCUT2D eigenvalue weighted by Crippen LogP contribution is 2.15. The van der Waals surface area contributed by atoms with Crippen LogP contribution in [0.5, 0.6) is 5.75 Å². The summed E-state index contributed by atoms with van der Waals surface area (Å²) in [5, 5.41) is 15.0. The molecule has 98 valence electrons. The lowest BCUT2D eigenvalue weighted by Crippen LogP contribution is -2.20. The molecule has 19 heavy (non-hydrogen) atoms. The molecule has 1 aromatic heterocycles. The van der Waals surface area contributed by atoms with Gasteiger partial charge in [-0.25, -0.2) is 9.59 Å². The number of carboxylic acids is 1. The molecule has 2 aromatic rings. The number of aryl methyl sites for hydroxylation is 1. The van der Waals surface area contributed by atoms with Crippen molar-refractivity contribution < 1.29 is 19.4 Å². The van der Waals surface area contributed by atoms with Gasteiger partial charge in [0.1, 0.15) is 17.1 Å². The first kappa shape index (κ1) is 12.6. The molecule has 0 bridgehead atoms. The highest BCUT2D eigenvalue weighted by Gasteiger charge is 2.18. The molecule has 1 heterocycles. The van der Waals surface area contributed by atoms with Crippen LogP contribution < -0.4 is 10.1 Å². The number of hydrogen-bond acceptors (Lipinski definition) is 4. The highest BCUT2D eigenvalue weighted by molar-refractivity contribution is 5.97. The molecule has 0 saturated heterocycles. The lowest BCUT2D eigenvalue weighted by Gasteiger charge is -2.07. The van der Waals surface area contributed by atoms with E-state index in [1.165, 1.54) is 11.7 Å². The molecule has 0 atom stereocenters. The number of hydrogen-bond donors (Lipinski definition) is 2. The SMILES string of the molecule is Cn1ncc(C(=O)O)c1NC(=O)Oc1ccccc1. The number of ether oxygens (including phenoxy) is 1. The number of aromatic carboxylic acids is 1. The van der Waals surface area contributed by atoms with Crippen molar-refractivity contribution in [3.8, 4) is 5.75 Å². The number of para-hydroxylation sites is 1. The van der Waals surface area contributed by atoms with E-state index in [9.17, 15) is 9.59 Å². The molecule has 0 aliphatic heterocycles. The van der Waals surface area contributed by atoms with Gasteiger partial charge in [0.05, 0.1) is 6.20 Å². The molecule has 2 N–H and O–H groups in total. The standard InChI is InChI=1S/C12H11N3O4/c1-15-10(9(7-13-15)11(16)17)14-12(18)19-8-5-3-2-4-6-8/h2-7H,1H3,(H,14,18)(H,16,17). The Hall–Kier alpha value is -2.83. The van der Waals surface area contributed by atoms with E-state index in [1.807, 2.05) is 0 Å². The topological polar surface area (TPSA) is 93.5 Å². The number of carbonyl (C=O) groups excluding carboxylic acids is 1. The number of carbonyl (C=O) groups is 2. The van der Waals surface area contributed by atoms with Crippen LogP contribution in [0.4, 0.5) is 10.6 Å². The second-order valence-corrected chi connectivity index (χ2v) is 3.66. The van der Waals surface area contributed by atoms with Gasteiger partial charge >= 0.3 is 12.1 Å². The first-order chi connectivity index (χ1) is 9.08. The molecule has 0 radical (unpaired) electrons. The lowest BCUT2D eigenvalue weighted by atomic mass is 10.3. The Morgan fingerprint density at radius 2 is 2.00 bits per heavy atom. The van der Waals surface area contributed by atoms with Crippen LogP contribution in [0.15, 0.2) is 36.5 Å². The fraction of sp³-hybridized carbons (Fsp3) is 0.0833. The van der Waals surface area contributed by atoms with Gasteiger partial charge in [-0.2, -0.15) is 5.10 Å². The molecule has 1 aromatic carbocycles. The smallest absolute Gasteiger partial charge is 0.418 e. The molecule has 0 saturated carbocycles. The average Bonchev–Trinajstić information content (AvgIpc) is 2.72. The van der Waals surface area contributed by atoms with Crippen LogP contribution in [0.25, 0.3) is 0 Å². The van der Waals surface area contributed by atoms with Crippen molar-refractivity contribution >= 4 is 17.9 Å². The molecule has 1 amide bonds. The summed E-state index contributed by atoms with van der Waals surface area (Å²) in [6, 6.07) is 8.45. The number of amides is 1. The number of benzene rings is 1. The van der Waals surface area contributed by atoms with Crippen LogP contribution in [0.3, 0.4) is 0 Å². The zero-order chi connectivity index (χ0) is 13.8. The van der Waals surface area contributed by atoms with Crippen molar-refractivity contribution in [1.29, 1.82) is 0 Å². The van der Waals surface area contributed by atoms with E-state index in [0.29, 0.717) is 5.75 Å². The molecular weight excluding hydrogens is 250 g/mol. The molecule has 0 unspecified atom stereocenters. The maximum Gasteiger partial charge on any atom is 0.418 e. The van der Waals surface area contributed by atoms with Crippen LogP contribution >= 0.6 is 0 Å². The maximum atomic E-state index is 11.6. The Morgan fingerprint density at radius 3 is 2.63 bits per heavy atom. The summed E-state index contributed by atoms with van der Waals surface area (Å²) in [7, 11) is 1.52. The summed E-state index contributed by atoms with van der Waals surface area (Å²) in [5.41, 5.74) is -0.104. The van der Waals surface area contributed by atoms with Crippen molar-refractivity contribution in [2.45, 2.75) is 0 Å². The van der Waals surface area contributed by atoms with Crippen LogP contribution in [0.1, 0.15) is 10.4 Å². The molecule has 0 aliphatic carbocycles. The Balaban J connectivity index is 2.11. The zero-order valence-corrected chi connectivity index (χ0v) is 10.0. The number of nitrogens with one attached hydrogen (secondary N) is 1. The van der Waals surface area contributed by atoms with E-state index in [-0.39, 0.29) is 11.4 Å². The minimum Gasteiger partial charge on any atom is -0.477 e. The highest BCUT2D eigenvalue weighted by atomic mass is 16.6. The van der Waals surface area contributed by atoms with Gasteiger partial charge in [0.25, 0.3) is 0 Å². The normalized spacial score (nSPS) is 9.95. The largest absolute Gasteiger partial charge is 0.477 e. The molecule has 7 heteroatoms. The number of rotatable bonds is 3. The number of nitrogens with zero attached hydrogens (tertiary/aromatic N) is 2. The first-order valence-corrected chi connectivity index (χ1v) is 5.37. The summed E-state index contributed by atoms with van der Waals surface area (Å²) in [4.78, 5) is 22.6. The summed E-state index contributed by atoms with van der Waals surface area (Å²) < 4.78 is 6.24. The third kappa shape index (κ3) is 2.89. The van der Waals surface area contributed by atoms with Crippen molar-refractivity contribution in [3.05, 3.63) is 42.1 Å². The lowest BCUT2D eigenvalue weighted by molar-refractivity contribution is 0.0698. The van der Waals surface area contributed by atoms with E-state index >= 15 is 0 Å². The van der Waals surface area contributed by atoms with E-state index in [0.717, 1.165) is 6.20 Å². The summed E-state index contributed by atoms with van der Waals surface area (Å²) in [6.45, 7) is 0. The summed E-state index contributed by atoms with van der Waals surface area (Å²) in [5.74, 6) is -0.754. The van der Waals surface area contributed by atoms with Gasteiger partial charge in [-0.05, 0) is 12.1 Å². The third-order valence-electron chi connectivity index (χ3n) is 2.34. The van der Waals surface area contributed by atoms with Crippen LogP contribution in [-0.4, -0.2) is 26.9 Å². The fourth-order valence-electron chi connectivity index (χ4n) is 1.46. The van der Waals surface area contributed by atoms with E-state index in [4.69, 9.17) is 9.84 Å². The molecule has 0 aliphatic rings. The zero-order valence-electron chi connectivity index (χ0n) is 10.0. The average molecular weight is 261 g/mol. The molecule has 0 fully saturated rings. The van der Waals surface area contributed by atoms with Crippen molar-refractivity contribution in [2.75, 3.05) is 5.32 Å². The summed E-state index contributed by atoms with van der Waals surface area (Å²) in [6.07, 6.45) is 0.373.